The molecule has 1 rings (SSSR count). The average molecular weight is 249 g/mol. The first-order chi connectivity index (χ1) is 8.65. The smallest absolute Gasteiger partial charge is 0.0478 e. The number of aryl methyl sites for hydroxylation is 2. The van der Waals surface area contributed by atoms with Crippen molar-refractivity contribution in [3.05, 3.63) is 34.9 Å². The van der Waals surface area contributed by atoms with E-state index in [1.807, 2.05) is 0 Å². The zero-order valence-corrected chi connectivity index (χ0v) is 12.3. The largest absolute Gasteiger partial charge is 0.381 e. The Hall–Kier alpha value is -0.860. The lowest BCUT2D eigenvalue weighted by Gasteiger charge is -2.17. The molecular weight excluding hydrogens is 222 g/mol. The van der Waals surface area contributed by atoms with E-state index >= 15 is 0 Å². The molecule has 0 amide bonds. The number of benzene rings is 1. The van der Waals surface area contributed by atoms with Gasteiger partial charge in [-0.3, -0.25) is 0 Å². The van der Waals surface area contributed by atoms with Crippen molar-refractivity contribution >= 4 is 0 Å². The first kappa shape index (κ1) is 15.2. The topological polar surface area (TPSA) is 21.3 Å². The third-order valence-corrected chi connectivity index (χ3v) is 3.17. The average Bonchev–Trinajstić information content (AvgIpc) is 2.36. The van der Waals surface area contributed by atoms with Gasteiger partial charge in [0.15, 0.2) is 0 Å². The summed E-state index contributed by atoms with van der Waals surface area (Å²) in [6, 6.07) is 7.06. The van der Waals surface area contributed by atoms with Crippen LogP contribution in [0.3, 0.4) is 0 Å². The number of rotatable bonds is 8. The molecule has 0 saturated heterocycles. The Bertz CT molecular complexity index is 349. The second kappa shape index (κ2) is 8.28. The molecule has 0 spiro atoms. The Morgan fingerprint density at radius 2 is 2.00 bits per heavy atom. The standard InChI is InChI=1S/C16H27NO/c1-5-10-18-11-6-9-17-15(4)16-12-13(2)7-8-14(16)3/h7-8,12,15,17H,5-6,9-11H2,1-4H3. The molecule has 102 valence electrons. The minimum Gasteiger partial charge on any atom is -0.381 e. The van der Waals surface area contributed by atoms with Crippen LogP contribution in [0.4, 0.5) is 0 Å². The van der Waals surface area contributed by atoms with Gasteiger partial charge < -0.3 is 10.1 Å². The Morgan fingerprint density at radius 3 is 2.72 bits per heavy atom. The van der Waals surface area contributed by atoms with E-state index in [0.29, 0.717) is 6.04 Å². The van der Waals surface area contributed by atoms with Crippen LogP contribution in [0.15, 0.2) is 18.2 Å². The molecule has 2 nitrogen and oxygen atoms in total. The molecule has 2 heteroatoms. The molecule has 18 heavy (non-hydrogen) atoms. The third-order valence-electron chi connectivity index (χ3n) is 3.17. The van der Waals surface area contributed by atoms with Crippen molar-refractivity contribution in [2.24, 2.45) is 0 Å². The molecule has 0 aliphatic heterocycles. The highest BCUT2D eigenvalue weighted by Crippen LogP contribution is 2.18. The van der Waals surface area contributed by atoms with Crippen LogP contribution in [0.2, 0.25) is 0 Å². The zero-order valence-electron chi connectivity index (χ0n) is 12.3. The van der Waals surface area contributed by atoms with E-state index in [-0.39, 0.29) is 0 Å². The van der Waals surface area contributed by atoms with E-state index < -0.39 is 0 Å². The van der Waals surface area contributed by atoms with Crippen LogP contribution in [0.1, 0.15) is 49.4 Å². The van der Waals surface area contributed by atoms with Crippen LogP contribution < -0.4 is 5.32 Å². The van der Waals surface area contributed by atoms with E-state index in [9.17, 15) is 0 Å². The van der Waals surface area contributed by atoms with Crippen molar-refractivity contribution < 1.29 is 4.74 Å². The summed E-state index contributed by atoms with van der Waals surface area (Å²) >= 11 is 0. The van der Waals surface area contributed by atoms with Crippen LogP contribution in [-0.4, -0.2) is 19.8 Å². The van der Waals surface area contributed by atoms with Gasteiger partial charge in [0, 0.05) is 19.3 Å². The summed E-state index contributed by atoms with van der Waals surface area (Å²) in [5.41, 5.74) is 4.10. The van der Waals surface area contributed by atoms with Crippen molar-refractivity contribution in [1.82, 2.24) is 5.32 Å². The molecular formula is C16H27NO. The van der Waals surface area contributed by atoms with E-state index in [1.165, 1.54) is 16.7 Å². The van der Waals surface area contributed by atoms with Gasteiger partial charge in [0.05, 0.1) is 0 Å². The highest BCUT2D eigenvalue weighted by molar-refractivity contribution is 5.32. The fourth-order valence-electron chi connectivity index (χ4n) is 2.08. The molecule has 1 unspecified atom stereocenters. The van der Waals surface area contributed by atoms with Crippen LogP contribution in [-0.2, 0) is 4.74 Å². The van der Waals surface area contributed by atoms with Crippen LogP contribution in [0.5, 0.6) is 0 Å². The second-order valence-corrected chi connectivity index (χ2v) is 5.00. The minimum absolute atomic E-state index is 0.413. The van der Waals surface area contributed by atoms with Gasteiger partial charge in [0.2, 0.25) is 0 Å². The molecule has 0 fully saturated rings. The molecule has 1 N–H and O–H groups in total. The third kappa shape index (κ3) is 5.19. The van der Waals surface area contributed by atoms with Crippen LogP contribution >= 0.6 is 0 Å². The van der Waals surface area contributed by atoms with Crippen molar-refractivity contribution in [2.45, 2.75) is 46.6 Å². The summed E-state index contributed by atoms with van der Waals surface area (Å²) in [5.74, 6) is 0. The van der Waals surface area contributed by atoms with Crippen molar-refractivity contribution in [3.8, 4) is 0 Å². The summed E-state index contributed by atoms with van der Waals surface area (Å²) in [5, 5.41) is 3.56. The molecule has 1 aromatic carbocycles. The highest BCUT2D eigenvalue weighted by atomic mass is 16.5. The molecule has 0 saturated carbocycles. The van der Waals surface area contributed by atoms with Gasteiger partial charge in [0.25, 0.3) is 0 Å². The Balaban J connectivity index is 2.31. The molecule has 0 radical (unpaired) electrons. The molecule has 1 atom stereocenters. The quantitative estimate of drug-likeness (QED) is 0.708. The second-order valence-electron chi connectivity index (χ2n) is 5.00. The molecule has 0 aliphatic carbocycles. The van der Waals surface area contributed by atoms with E-state index in [1.54, 1.807) is 0 Å². The van der Waals surface area contributed by atoms with Crippen molar-refractivity contribution in [2.75, 3.05) is 19.8 Å². The fourth-order valence-corrected chi connectivity index (χ4v) is 2.08. The van der Waals surface area contributed by atoms with Gasteiger partial charge in [0.1, 0.15) is 0 Å². The molecule has 0 heterocycles. The van der Waals surface area contributed by atoms with Gasteiger partial charge in [-0.15, -0.1) is 0 Å². The zero-order chi connectivity index (χ0) is 13.4. The Kier molecular flexibility index (Phi) is 6.99. The first-order valence-corrected chi connectivity index (χ1v) is 7.03. The molecule has 0 aliphatic rings. The fraction of sp³-hybridized carbons (Fsp3) is 0.625. The maximum atomic E-state index is 5.47. The maximum absolute atomic E-state index is 5.47. The SMILES string of the molecule is CCCOCCCNC(C)c1cc(C)ccc1C. The van der Waals surface area contributed by atoms with Gasteiger partial charge in [-0.1, -0.05) is 30.7 Å². The van der Waals surface area contributed by atoms with Gasteiger partial charge >= 0.3 is 0 Å². The highest BCUT2D eigenvalue weighted by Gasteiger charge is 2.07. The summed E-state index contributed by atoms with van der Waals surface area (Å²) in [6.45, 7) is 11.5. The predicted molar refractivity (Wildman–Crippen MR) is 78.1 cm³/mol. The number of ether oxygens (including phenoxy) is 1. The summed E-state index contributed by atoms with van der Waals surface area (Å²) in [7, 11) is 0. The van der Waals surface area contributed by atoms with Crippen LogP contribution in [0.25, 0.3) is 0 Å². The summed E-state index contributed by atoms with van der Waals surface area (Å²) in [6.07, 6.45) is 2.18. The predicted octanol–water partition coefficient (Wildman–Crippen LogP) is 3.77. The first-order valence-electron chi connectivity index (χ1n) is 7.03. The van der Waals surface area contributed by atoms with E-state index in [0.717, 1.165) is 32.6 Å². The van der Waals surface area contributed by atoms with Gasteiger partial charge in [-0.25, -0.2) is 0 Å². The minimum atomic E-state index is 0.413. The normalized spacial score (nSPS) is 12.7. The van der Waals surface area contributed by atoms with Crippen molar-refractivity contribution in [3.63, 3.8) is 0 Å². The number of hydrogen-bond donors (Lipinski definition) is 1. The lowest BCUT2D eigenvalue weighted by Crippen LogP contribution is -2.21. The lowest BCUT2D eigenvalue weighted by atomic mass is 10.00. The monoisotopic (exact) mass is 249 g/mol. The van der Waals surface area contributed by atoms with E-state index in [4.69, 9.17) is 4.74 Å². The molecule has 1 aromatic rings. The Labute approximate surface area is 112 Å². The van der Waals surface area contributed by atoms with Gasteiger partial charge in [-0.2, -0.15) is 0 Å². The summed E-state index contributed by atoms with van der Waals surface area (Å²) in [4.78, 5) is 0. The van der Waals surface area contributed by atoms with Crippen LogP contribution in [0, 0.1) is 13.8 Å². The number of hydrogen-bond acceptors (Lipinski definition) is 2. The number of nitrogens with one attached hydrogen (secondary N) is 1. The van der Waals surface area contributed by atoms with Gasteiger partial charge in [-0.05, 0) is 51.3 Å². The Morgan fingerprint density at radius 1 is 1.22 bits per heavy atom. The van der Waals surface area contributed by atoms with Crippen molar-refractivity contribution in [1.29, 1.82) is 0 Å². The molecule has 0 bridgehead atoms. The molecule has 0 aromatic heterocycles. The maximum Gasteiger partial charge on any atom is 0.0478 e. The summed E-state index contributed by atoms with van der Waals surface area (Å²) < 4.78 is 5.47. The van der Waals surface area contributed by atoms with E-state index in [2.05, 4.69) is 51.2 Å². The lowest BCUT2D eigenvalue weighted by molar-refractivity contribution is 0.132.